The van der Waals surface area contributed by atoms with Gasteiger partial charge in [-0.1, -0.05) is 12.8 Å². The monoisotopic (exact) mass is 314 g/mol. The average Bonchev–Trinajstić information content (AvgIpc) is 2.43. The summed E-state index contributed by atoms with van der Waals surface area (Å²) >= 11 is 0. The molecular formula is C12H18F4N2O3. The molecule has 1 aliphatic rings. The summed E-state index contributed by atoms with van der Waals surface area (Å²) in [5.41, 5.74) is 0. The van der Waals surface area contributed by atoms with E-state index in [1.165, 1.54) is 0 Å². The second-order valence-electron chi connectivity index (χ2n) is 5.11. The van der Waals surface area contributed by atoms with E-state index in [2.05, 4.69) is 5.32 Å². The summed E-state index contributed by atoms with van der Waals surface area (Å²) in [4.78, 5) is 22.3. The van der Waals surface area contributed by atoms with Gasteiger partial charge in [-0.25, -0.2) is 13.6 Å². The van der Waals surface area contributed by atoms with Crippen molar-refractivity contribution in [1.82, 2.24) is 10.6 Å². The molecule has 0 bridgehead atoms. The van der Waals surface area contributed by atoms with Crippen LogP contribution in [0.1, 0.15) is 25.7 Å². The Morgan fingerprint density at radius 2 is 1.81 bits per heavy atom. The van der Waals surface area contributed by atoms with Gasteiger partial charge in [-0.05, 0) is 18.8 Å². The van der Waals surface area contributed by atoms with Crippen molar-refractivity contribution in [3.8, 4) is 0 Å². The fourth-order valence-electron chi connectivity index (χ4n) is 2.34. The Hall–Kier alpha value is -1.54. The van der Waals surface area contributed by atoms with Crippen molar-refractivity contribution in [3.63, 3.8) is 0 Å². The molecule has 1 aliphatic carbocycles. The number of nitrogens with one attached hydrogen (secondary N) is 2. The smallest absolute Gasteiger partial charge is 0.324 e. The molecule has 0 radical (unpaired) electrons. The summed E-state index contributed by atoms with van der Waals surface area (Å²) in [5.74, 6) is -6.10. The van der Waals surface area contributed by atoms with E-state index in [0.29, 0.717) is 12.8 Å². The van der Waals surface area contributed by atoms with Crippen molar-refractivity contribution in [2.24, 2.45) is 11.8 Å². The van der Waals surface area contributed by atoms with Gasteiger partial charge in [-0.2, -0.15) is 8.78 Å². The third-order valence-corrected chi connectivity index (χ3v) is 3.55. The van der Waals surface area contributed by atoms with Crippen molar-refractivity contribution >= 4 is 12.0 Å². The highest BCUT2D eigenvalue weighted by Gasteiger charge is 2.41. The molecule has 0 aromatic carbocycles. The number of urea groups is 1. The average molecular weight is 314 g/mol. The first-order chi connectivity index (χ1) is 9.74. The van der Waals surface area contributed by atoms with Crippen LogP contribution < -0.4 is 10.6 Å². The third-order valence-electron chi connectivity index (χ3n) is 3.55. The molecule has 0 saturated heterocycles. The molecule has 1 rings (SSSR count). The Morgan fingerprint density at radius 1 is 1.19 bits per heavy atom. The number of rotatable bonds is 6. The van der Waals surface area contributed by atoms with E-state index < -0.39 is 36.8 Å². The fourth-order valence-corrected chi connectivity index (χ4v) is 2.34. The highest BCUT2D eigenvalue weighted by atomic mass is 19.3. The van der Waals surface area contributed by atoms with E-state index in [-0.39, 0.29) is 12.5 Å². The van der Waals surface area contributed by atoms with Gasteiger partial charge in [0.2, 0.25) is 0 Å². The molecule has 122 valence electrons. The molecule has 2 amide bonds. The second-order valence-corrected chi connectivity index (χ2v) is 5.11. The van der Waals surface area contributed by atoms with Gasteiger partial charge in [-0.3, -0.25) is 4.79 Å². The summed E-state index contributed by atoms with van der Waals surface area (Å²) in [5, 5.41) is 13.0. The van der Waals surface area contributed by atoms with Gasteiger partial charge in [0.05, 0.1) is 12.5 Å². The van der Waals surface area contributed by atoms with E-state index in [4.69, 9.17) is 5.11 Å². The number of carbonyl (C=O) groups excluding carboxylic acids is 1. The largest absolute Gasteiger partial charge is 0.481 e. The number of alkyl halides is 4. The highest BCUT2D eigenvalue weighted by Crippen LogP contribution is 2.29. The Labute approximate surface area is 119 Å². The standard InChI is InChI=1S/C12H18F4N2O3/c13-10(14)12(15,16)6-18-11(21)17-5-7-3-1-2-4-8(7)9(19)20/h7-8,10H,1-6H2,(H,19,20)(H2,17,18,21). The number of hydrogen-bond acceptors (Lipinski definition) is 2. The topological polar surface area (TPSA) is 78.4 Å². The lowest BCUT2D eigenvalue weighted by Gasteiger charge is -2.28. The molecule has 0 aromatic rings. The Balaban J connectivity index is 2.36. The predicted octanol–water partition coefficient (Wildman–Crippen LogP) is 2.08. The molecule has 9 heteroatoms. The van der Waals surface area contributed by atoms with Crippen LogP contribution in [0.3, 0.4) is 0 Å². The van der Waals surface area contributed by atoms with Crippen molar-refractivity contribution in [2.75, 3.05) is 13.1 Å². The lowest BCUT2D eigenvalue weighted by Crippen LogP contribution is -2.47. The lowest BCUT2D eigenvalue weighted by molar-refractivity contribution is -0.144. The molecule has 21 heavy (non-hydrogen) atoms. The zero-order valence-electron chi connectivity index (χ0n) is 11.3. The van der Waals surface area contributed by atoms with E-state index in [1.807, 2.05) is 0 Å². The van der Waals surface area contributed by atoms with E-state index >= 15 is 0 Å². The molecule has 2 unspecified atom stereocenters. The minimum atomic E-state index is -4.29. The zero-order valence-corrected chi connectivity index (χ0v) is 11.3. The van der Waals surface area contributed by atoms with Gasteiger partial charge >= 0.3 is 24.3 Å². The van der Waals surface area contributed by atoms with Crippen LogP contribution in [0.5, 0.6) is 0 Å². The quantitative estimate of drug-likeness (QED) is 0.657. The predicted molar refractivity (Wildman–Crippen MR) is 65.4 cm³/mol. The van der Waals surface area contributed by atoms with Crippen molar-refractivity contribution in [2.45, 2.75) is 38.0 Å². The fraction of sp³-hybridized carbons (Fsp3) is 0.833. The van der Waals surface area contributed by atoms with E-state index in [0.717, 1.165) is 12.8 Å². The van der Waals surface area contributed by atoms with E-state index in [9.17, 15) is 27.2 Å². The summed E-state index contributed by atoms with van der Waals surface area (Å²) in [6, 6.07) is -1.01. The Bertz CT molecular complexity index is 380. The number of carboxylic acids is 1. The van der Waals surface area contributed by atoms with Crippen molar-refractivity contribution < 1.29 is 32.3 Å². The maximum absolute atomic E-state index is 12.6. The van der Waals surface area contributed by atoms with Crippen LogP contribution in [0.2, 0.25) is 0 Å². The van der Waals surface area contributed by atoms with Gasteiger partial charge < -0.3 is 15.7 Å². The molecule has 1 saturated carbocycles. The molecule has 2 atom stereocenters. The van der Waals surface area contributed by atoms with Crippen LogP contribution in [-0.4, -0.2) is 42.5 Å². The van der Waals surface area contributed by atoms with Crippen LogP contribution in [0.25, 0.3) is 0 Å². The van der Waals surface area contributed by atoms with Crippen LogP contribution in [0, 0.1) is 11.8 Å². The minimum Gasteiger partial charge on any atom is -0.481 e. The molecule has 3 N–H and O–H groups in total. The number of carbonyl (C=O) groups is 2. The maximum atomic E-state index is 12.6. The summed E-state index contributed by atoms with van der Waals surface area (Å²) < 4.78 is 49.0. The van der Waals surface area contributed by atoms with Gasteiger partial charge in [0.25, 0.3) is 0 Å². The molecule has 0 aliphatic heterocycles. The van der Waals surface area contributed by atoms with Crippen LogP contribution >= 0.6 is 0 Å². The van der Waals surface area contributed by atoms with Gasteiger partial charge in [-0.15, -0.1) is 0 Å². The minimum absolute atomic E-state index is 0.0169. The first-order valence-electron chi connectivity index (χ1n) is 6.64. The summed E-state index contributed by atoms with van der Waals surface area (Å²) in [6.45, 7) is -1.45. The molecule has 1 fully saturated rings. The van der Waals surface area contributed by atoms with E-state index in [1.54, 1.807) is 5.32 Å². The molecular weight excluding hydrogens is 296 g/mol. The number of carboxylic acid groups (broad SMARTS) is 1. The zero-order chi connectivity index (χ0) is 16.0. The maximum Gasteiger partial charge on any atom is 0.324 e. The van der Waals surface area contributed by atoms with Crippen LogP contribution in [-0.2, 0) is 4.79 Å². The number of amides is 2. The third kappa shape index (κ3) is 5.39. The SMILES string of the molecule is O=C(NCC1CCCCC1C(=O)O)NCC(F)(F)C(F)F. The van der Waals surface area contributed by atoms with Crippen molar-refractivity contribution in [1.29, 1.82) is 0 Å². The Kier molecular flexibility index (Phi) is 6.22. The van der Waals surface area contributed by atoms with Crippen molar-refractivity contribution in [3.05, 3.63) is 0 Å². The lowest BCUT2D eigenvalue weighted by atomic mass is 9.79. The number of aliphatic carboxylic acids is 1. The number of halogens is 4. The summed E-state index contributed by atoms with van der Waals surface area (Å²) in [7, 11) is 0. The first-order valence-corrected chi connectivity index (χ1v) is 6.64. The van der Waals surface area contributed by atoms with Crippen LogP contribution in [0.4, 0.5) is 22.4 Å². The molecule has 5 nitrogen and oxygen atoms in total. The van der Waals surface area contributed by atoms with Gasteiger partial charge in [0.1, 0.15) is 0 Å². The molecule has 0 spiro atoms. The molecule has 0 heterocycles. The normalized spacial score (nSPS) is 22.9. The first kappa shape index (κ1) is 17.5. The number of hydrogen-bond donors (Lipinski definition) is 3. The molecule has 0 aromatic heterocycles. The van der Waals surface area contributed by atoms with Crippen LogP contribution in [0.15, 0.2) is 0 Å². The Morgan fingerprint density at radius 3 is 2.38 bits per heavy atom. The van der Waals surface area contributed by atoms with Gasteiger partial charge in [0, 0.05) is 6.54 Å². The highest BCUT2D eigenvalue weighted by molar-refractivity contribution is 5.74. The van der Waals surface area contributed by atoms with Gasteiger partial charge in [0.15, 0.2) is 0 Å². The second kappa shape index (κ2) is 7.46. The summed E-state index contributed by atoms with van der Waals surface area (Å²) in [6.07, 6.45) is -1.11.